The van der Waals surface area contributed by atoms with Gasteiger partial charge in [-0.3, -0.25) is 9.69 Å². The molecule has 1 amide bonds. The van der Waals surface area contributed by atoms with E-state index in [9.17, 15) is 4.79 Å². The molecule has 0 bridgehead atoms. The lowest BCUT2D eigenvalue weighted by Crippen LogP contribution is -2.39. The largest absolute Gasteiger partial charge is 0.488 e. The van der Waals surface area contributed by atoms with E-state index in [1.807, 2.05) is 48.5 Å². The minimum atomic E-state index is -0.348. The summed E-state index contributed by atoms with van der Waals surface area (Å²) in [5.41, 5.74) is 4.04. The molecule has 1 aromatic heterocycles. The van der Waals surface area contributed by atoms with Crippen LogP contribution in [0.5, 0.6) is 5.75 Å². The molecule has 0 saturated heterocycles. The number of hydrogen-bond donors (Lipinski definition) is 2. The van der Waals surface area contributed by atoms with E-state index >= 15 is 0 Å². The van der Waals surface area contributed by atoms with Crippen molar-refractivity contribution in [2.24, 2.45) is 0 Å². The zero-order valence-electron chi connectivity index (χ0n) is 18.2. The van der Waals surface area contributed by atoms with Gasteiger partial charge in [-0.05, 0) is 49.6 Å². The third kappa shape index (κ3) is 4.17. The van der Waals surface area contributed by atoms with Gasteiger partial charge in [0.2, 0.25) is 0 Å². The number of rotatable bonds is 5. The summed E-state index contributed by atoms with van der Waals surface area (Å²) in [6.45, 7) is 6.83. The van der Waals surface area contributed by atoms with E-state index in [0.29, 0.717) is 12.6 Å². The number of nitrogens with one attached hydrogen (secondary N) is 2. The van der Waals surface area contributed by atoms with Crippen LogP contribution < -0.4 is 15.4 Å². The number of benzene rings is 2. The summed E-state index contributed by atoms with van der Waals surface area (Å²) in [6.07, 6.45) is 0.570. The first-order valence-corrected chi connectivity index (χ1v) is 12.5. The zero-order valence-corrected chi connectivity index (χ0v) is 20.6. The first-order chi connectivity index (χ1) is 15.5. The number of carbonyl (C=O) groups excluding carboxylic acids is 1. The van der Waals surface area contributed by atoms with Crippen LogP contribution in [0.3, 0.4) is 0 Å². The number of nitrogens with zero attached hydrogens (tertiary/aromatic N) is 1. The Morgan fingerprint density at radius 2 is 2.00 bits per heavy atom. The molecule has 0 radical (unpaired) electrons. The maximum atomic E-state index is 13.2. The molecular weight excluding hydrogens is 486 g/mol. The lowest BCUT2D eigenvalue weighted by Gasteiger charge is -2.31. The maximum Gasteiger partial charge on any atom is 0.256 e. The average Bonchev–Trinajstić information content (AvgIpc) is 3.17. The molecule has 166 valence electrons. The van der Waals surface area contributed by atoms with Crippen LogP contribution >= 0.6 is 27.3 Å². The van der Waals surface area contributed by atoms with Crippen LogP contribution in [0.4, 0.5) is 5.00 Å². The van der Waals surface area contributed by atoms with Crippen LogP contribution in [0, 0.1) is 0 Å². The highest BCUT2D eigenvalue weighted by molar-refractivity contribution is 9.10. The van der Waals surface area contributed by atoms with Gasteiger partial charge in [0, 0.05) is 34.0 Å². The Labute approximate surface area is 200 Å². The molecule has 5 nitrogen and oxygen atoms in total. The van der Waals surface area contributed by atoms with E-state index in [-0.39, 0.29) is 12.1 Å². The Morgan fingerprint density at radius 3 is 2.78 bits per heavy atom. The molecule has 5 rings (SSSR count). The molecule has 3 aromatic rings. The number of ether oxygens (including phenoxy) is 1. The molecule has 2 N–H and O–H groups in total. The highest BCUT2D eigenvalue weighted by atomic mass is 79.9. The van der Waals surface area contributed by atoms with E-state index in [1.165, 1.54) is 10.4 Å². The van der Waals surface area contributed by atoms with E-state index < -0.39 is 0 Å². The van der Waals surface area contributed by atoms with Crippen molar-refractivity contribution in [2.45, 2.75) is 45.6 Å². The summed E-state index contributed by atoms with van der Waals surface area (Å²) >= 11 is 5.29. The van der Waals surface area contributed by atoms with Crippen molar-refractivity contribution in [1.29, 1.82) is 0 Å². The lowest BCUT2D eigenvalue weighted by molar-refractivity contribution is 0.0934. The molecule has 0 unspecified atom stereocenters. The van der Waals surface area contributed by atoms with Gasteiger partial charge in [0.25, 0.3) is 5.91 Å². The molecule has 0 aliphatic carbocycles. The molecule has 0 saturated carbocycles. The predicted octanol–water partition coefficient (Wildman–Crippen LogP) is 5.71. The average molecular weight is 512 g/mol. The van der Waals surface area contributed by atoms with Gasteiger partial charge in [0.15, 0.2) is 0 Å². The normalized spacial score (nSPS) is 18.0. The van der Waals surface area contributed by atoms with Gasteiger partial charge in [-0.2, -0.15) is 0 Å². The Kier molecular flexibility index (Phi) is 5.97. The summed E-state index contributed by atoms with van der Waals surface area (Å²) in [7, 11) is 0. The van der Waals surface area contributed by atoms with Crippen molar-refractivity contribution in [2.75, 3.05) is 11.9 Å². The summed E-state index contributed by atoms with van der Waals surface area (Å²) in [5.74, 6) is 0.749. The number of amides is 1. The van der Waals surface area contributed by atoms with Crippen LogP contribution in [0.2, 0.25) is 0 Å². The first kappa shape index (κ1) is 21.5. The highest BCUT2D eigenvalue weighted by Crippen LogP contribution is 2.42. The third-order valence-electron chi connectivity index (χ3n) is 6.11. The molecule has 2 aliphatic rings. The molecule has 3 heterocycles. The van der Waals surface area contributed by atoms with Gasteiger partial charge in [-0.1, -0.05) is 46.3 Å². The number of carbonyl (C=O) groups is 1. The van der Waals surface area contributed by atoms with E-state index in [0.717, 1.165) is 51.4 Å². The molecular formula is C25H26BrN3O2S. The fourth-order valence-corrected chi connectivity index (χ4v) is 6.02. The van der Waals surface area contributed by atoms with E-state index in [4.69, 9.17) is 4.74 Å². The van der Waals surface area contributed by atoms with Crippen molar-refractivity contribution in [1.82, 2.24) is 10.2 Å². The number of halogens is 1. The summed E-state index contributed by atoms with van der Waals surface area (Å²) < 4.78 is 7.10. The van der Waals surface area contributed by atoms with Crippen molar-refractivity contribution in [3.8, 4) is 5.75 Å². The van der Waals surface area contributed by atoms with Crippen molar-refractivity contribution in [3.05, 3.63) is 80.1 Å². The standard InChI is InChI=1S/C25H26BrN3O2S/c1-15(2)29-11-10-18-21(13-29)32-25-22(18)24(30)27-23(28-25)19-12-17(26)8-9-20(19)31-14-16-6-4-3-5-7-16/h3-9,12,15,23,28H,10-11,13-14H2,1-2H3,(H,27,30)/t23-/m0/s1. The van der Waals surface area contributed by atoms with E-state index in [2.05, 4.69) is 45.3 Å². The molecule has 0 spiro atoms. The fraction of sp³-hybridized carbons (Fsp3) is 0.320. The van der Waals surface area contributed by atoms with Crippen LogP contribution in [-0.2, 0) is 19.6 Å². The molecule has 1 atom stereocenters. The number of fused-ring (bicyclic) bond motifs is 3. The second-order valence-electron chi connectivity index (χ2n) is 8.53. The second-order valence-corrected chi connectivity index (χ2v) is 10.6. The van der Waals surface area contributed by atoms with Crippen LogP contribution in [-0.4, -0.2) is 23.4 Å². The highest BCUT2D eigenvalue weighted by Gasteiger charge is 2.34. The van der Waals surface area contributed by atoms with Crippen molar-refractivity contribution < 1.29 is 9.53 Å². The van der Waals surface area contributed by atoms with Crippen molar-refractivity contribution >= 4 is 38.2 Å². The van der Waals surface area contributed by atoms with Crippen LogP contribution in [0.25, 0.3) is 0 Å². The Morgan fingerprint density at radius 1 is 1.19 bits per heavy atom. The molecule has 2 aromatic carbocycles. The minimum absolute atomic E-state index is 0.00627. The molecule has 0 fully saturated rings. The number of hydrogen-bond acceptors (Lipinski definition) is 5. The summed E-state index contributed by atoms with van der Waals surface area (Å²) in [5, 5.41) is 7.71. The topological polar surface area (TPSA) is 53.6 Å². The zero-order chi connectivity index (χ0) is 22.2. The summed E-state index contributed by atoms with van der Waals surface area (Å²) in [4.78, 5) is 16.9. The number of anilines is 1. The lowest BCUT2D eigenvalue weighted by atomic mass is 9.99. The Balaban J connectivity index is 1.42. The van der Waals surface area contributed by atoms with Gasteiger partial charge in [0.1, 0.15) is 23.5 Å². The summed E-state index contributed by atoms with van der Waals surface area (Å²) in [6, 6.07) is 16.5. The van der Waals surface area contributed by atoms with Crippen LogP contribution in [0.1, 0.15) is 51.9 Å². The molecule has 2 aliphatic heterocycles. The van der Waals surface area contributed by atoms with Crippen LogP contribution in [0.15, 0.2) is 53.0 Å². The molecule has 7 heteroatoms. The first-order valence-electron chi connectivity index (χ1n) is 10.9. The maximum absolute atomic E-state index is 13.2. The van der Waals surface area contributed by atoms with Crippen molar-refractivity contribution in [3.63, 3.8) is 0 Å². The number of thiophene rings is 1. The van der Waals surface area contributed by atoms with Gasteiger partial charge in [-0.15, -0.1) is 11.3 Å². The van der Waals surface area contributed by atoms with E-state index in [1.54, 1.807) is 11.3 Å². The third-order valence-corrected chi connectivity index (χ3v) is 7.76. The Hall–Kier alpha value is -2.35. The minimum Gasteiger partial charge on any atom is -0.488 e. The van der Waals surface area contributed by atoms with Gasteiger partial charge >= 0.3 is 0 Å². The quantitative estimate of drug-likeness (QED) is 0.460. The van der Waals surface area contributed by atoms with Gasteiger partial charge < -0.3 is 15.4 Å². The smallest absolute Gasteiger partial charge is 0.256 e. The fourth-order valence-electron chi connectivity index (χ4n) is 4.34. The predicted molar refractivity (Wildman–Crippen MR) is 132 cm³/mol. The SMILES string of the molecule is CC(C)N1CCc2c(sc3c2C(=O)N[C@H](c2cc(Br)ccc2OCc2ccccc2)N3)C1. The van der Waals surface area contributed by atoms with Gasteiger partial charge in [-0.25, -0.2) is 0 Å². The second kappa shape index (κ2) is 8.89. The molecule has 32 heavy (non-hydrogen) atoms. The van der Waals surface area contributed by atoms with Gasteiger partial charge in [0.05, 0.1) is 5.56 Å². The Bertz CT molecular complexity index is 1150. The monoisotopic (exact) mass is 511 g/mol.